The van der Waals surface area contributed by atoms with E-state index in [1.165, 1.54) is 11.1 Å². The van der Waals surface area contributed by atoms with Gasteiger partial charge in [-0.05, 0) is 31.0 Å². The van der Waals surface area contributed by atoms with Crippen LogP contribution in [0.1, 0.15) is 44.2 Å². The van der Waals surface area contributed by atoms with Gasteiger partial charge in [0.15, 0.2) is 0 Å². The summed E-state index contributed by atoms with van der Waals surface area (Å²) in [6, 6.07) is 25.1. The number of aromatic nitrogens is 1. The summed E-state index contributed by atoms with van der Waals surface area (Å²) in [6.45, 7) is 8.78. The molecule has 5 rings (SSSR count). The van der Waals surface area contributed by atoms with E-state index >= 15 is 0 Å². The normalized spacial score (nSPS) is 14.6. The van der Waals surface area contributed by atoms with Crippen LogP contribution < -0.4 is 0 Å². The molecule has 0 radical (unpaired) electrons. The van der Waals surface area contributed by atoms with Gasteiger partial charge in [0.25, 0.3) is 0 Å². The van der Waals surface area contributed by atoms with Crippen molar-refractivity contribution in [2.45, 2.75) is 26.3 Å². The third-order valence-corrected chi connectivity index (χ3v) is 7.07. The molecule has 35 heavy (non-hydrogen) atoms. The first-order valence-corrected chi connectivity index (χ1v) is 12.3. The quantitative estimate of drug-likeness (QED) is 0.391. The van der Waals surface area contributed by atoms with Crippen LogP contribution in [0.15, 0.2) is 72.8 Å². The number of benzene rings is 3. The first-order chi connectivity index (χ1) is 17.0. The molecule has 4 aromatic rings. The fraction of sp³-hybridized carbons (Fsp3) is 0.300. The Morgan fingerprint density at radius 3 is 2.00 bits per heavy atom. The number of para-hydroxylation sites is 1. The maximum atomic E-state index is 12.9. The molecular weight excluding hydrogens is 436 g/mol. The molecule has 1 aromatic heterocycles. The van der Waals surface area contributed by atoms with E-state index in [2.05, 4.69) is 73.3 Å². The Hall–Kier alpha value is -3.41. The standard InChI is InChI=1S/C30H32N2O3/c1-21-7-11-23(12-8-21)27(24-13-9-22(2)10-14-24)28-25-5-3-4-6-26(25)32(29(28)30(33)34)16-15-31-17-19-35-20-18-31/h3-14,27H,15-20H2,1-2H3,(H,33,34). The van der Waals surface area contributed by atoms with Crippen LogP contribution >= 0.6 is 0 Å². The smallest absolute Gasteiger partial charge is 0.352 e. The number of carboxylic acid groups (broad SMARTS) is 1. The highest BCUT2D eigenvalue weighted by atomic mass is 16.5. The minimum atomic E-state index is -0.887. The van der Waals surface area contributed by atoms with E-state index in [-0.39, 0.29) is 5.92 Å². The van der Waals surface area contributed by atoms with Crippen LogP contribution in [0.3, 0.4) is 0 Å². The first-order valence-electron chi connectivity index (χ1n) is 12.3. The molecule has 180 valence electrons. The number of morpholine rings is 1. The predicted molar refractivity (Wildman–Crippen MR) is 139 cm³/mol. The monoisotopic (exact) mass is 468 g/mol. The highest BCUT2D eigenvalue weighted by molar-refractivity contribution is 5.99. The summed E-state index contributed by atoms with van der Waals surface area (Å²) in [5.41, 5.74) is 6.77. The number of rotatable bonds is 7. The lowest BCUT2D eigenvalue weighted by Crippen LogP contribution is -2.38. The van der Waals surface area contributed by atoms with Crippen molar-refractivity contribution >= 4 is 16.9 Å². The van der Waals surface area contributed by atoms with Crippen LogP contribution in [-0.4, -0.2) is 53.4 Å². The van der Waals surface area contributed by atoms with Gasteiger partial charge in [0, 0.05) is 48.6 Å². The Labute approximate surface area is 206 Å². The molecule has 3 aromatic carbocycles. The Balaban J connectivity index is 1.70. The summed E-state index contributed by atoms with van der Waals surface area (Å²) in [4.78, 5) is 15.2. The van der Waals surface area contributed by atoms with Gasteiger partial charge in [-0.2, -0.15) is 0 Å². The SMILES string of the molecule is Cc1ccc(C(c2ccc(C)cc2)c2c(C(=O)O)n(CCN3CCOCC3)c3ccccc23)cc1. The van der Waals surface area contributed by atoms with Gasteiger partial charge in [-0.3, -0.25) is 4.90 Å². The molecule has 0 saturated carbocycles. The maximum Gasteiger partial charge on any atom is 0.352 e. The van der Waals surface area contributed by atoms with Crippen molar-refractivity contribution in [2.75, 3.05) is 32.8 Å². The number of ether oxygens (including phenoxy) is 1. The van der Waals surface area contributed by atoms with Crippen molar-refractivity contribution in [3.63, 3.8) is 0 Å². The Kier molecular flexibility index (Phi) is 6.71. The zero-order valence-electron chi connectivity index (χ0n) is 20.4. The summed E-state index contributed by atoms with van der Waals surface area (Å²) in [5, 5.41) is 11.6. The largest absolute Gasteiger partial charge is 0.477 e. The van der Waals surface area contributed by atoms with Gasteiger partial charge in [0.05, 0.1) is 13.2 Å². The predicted octanol–water partition coefficient (Wildman–Crippen LogP) is 5.47. The zero-order chi connectivity index (χ0) is 24.4. The van der Waals surface area contributed by atoms with Gasteiger partial charge in [-0.15, -0.1) is 0 Å². The van der Waals surface area contributed by atoms with Crippen molar-refractivity contribution < 1.29 is 14.6 Å². The number of hydrogen-bond acceptors (Lipinski definition) is 3. The summed E-state index contributed by atoms with van der Waals surface area (Å²) in [7, 11) is 0. The van der Waals surface area contributed by atoms with Crippen LogP contribution in [-0.2, 0) is 11.3 Å². The zero-order valence-corrected chi connectivity index (χ0v) is 20.4. The van der Waals surface area contributed by atoms with Crippen molar-refractivity contribution in [1.82, 2.24) is 9.47 Å². The second-order valence-corrected chi connectivity index (χ2v) is 9.44. The van der Waals surface area contributed by atoms with E-state index in [0.717, 1.165) is 60.4 Å². The minimum Gasteiger partial charge on any atom is -0.477 e. The van der Waals surface area contributed by atoms with Gasteiger partial charge < -0.3 is 14.4 Å². The van der Waals surface area contributed by atoms with Crippen LogP contribution in [0.5, 0.6) is 0 Å². The minimum absolute atomic E-state index is 0.183. The van der Waals surface area contributed by atoms with Crippen molar-refractivity contribution in [3.05, 3.63) is 106 Å². The summed E-state index contributed by atoms with van der Waals surface area (Å²) < 4.78 is 7.50. The van der Waals surface area contributed by atoms with Crippen molar-refractivity contribution in [1.29, 1.82) is 0 Å². The number of fused-ring (bicyclic) bond motifs is 1. The fourth-order valence-electron chi connectivity index (χ4n) is 5.20. The van der Waals surface area contributed by atoms with E-state index in [1.807, 2.05) is 22.8 Å². The second kappa shape index (κ2) is 10.1. The summed E-state index contributed by atoms with van der Waals surface area (Å²) in [5.74, 6) is -1.07. The van der Waals surface area contributed by atoms with Crippen LogP contribution in [0, 0.1) is 13.8 Å². The van der Waals surface area contributed by atoms with Gasteiger partial charge in [0.2, 0.25) is 0 Å². The average molecular weight is 469 g/mol. The number of aromatic carboxylic acids is 1. The third-order valence-electron chi connectivity index (χ3n) is 7.07. The van der Waals surface area contributed by atoms with E-state index in [0.29, 0.717) is 12.2 Å². The Morgan fingerprint density at radius 1 is 0.857 bits per heavy atom. The number of carboxylic acids is 1. The molecule has 0 aliphatic carbocycles. The first kappa shape index (κ1) is 23.3. The van der Waals surface area contributed by atoms with Crippen LogP contribution in [0.25, 0.3) is 10.9 Å². The van der Waals surface area contributed by atoms with Crippen LogP contribution in [0.4, 0.5) is 0 Å². The van der Waals surface area contributed by atoms with Gasteiger partial charge in [-0.25, -0.2) is 4.79 Å². The van der Waals surface area contributed by atoms with Crippen molar-refractivity contribution in [3.8, 4) is 0 Å². The lowest BCUT2D eigenvalue weighted by Gasteiger charge is -2.27. The van der Waals surface area contributed by atoms with Crippen LogP contribution in [0.2, 0.25) is 0 Å². The topological polar surface area (TPSA) is 54.7 Å². The summed E-state index contributed by atoms with van der Waals surface area (Å²) in [6.07, 6.45) is 0. The number of carbonyl (C=O) groups is 1. The van der Waals surface area contributed by atoms with Crippen molar-refractivity contribution in [2.24, 2.45) is 0 Å². The van der Waals surface area contributed by atoms with Gasteiger partial charge >= 0.3 is 5.97 Å². The molecule has 1 aliphatic heterocycles. The molecule has 0 atom stereocenters. The molecule has 0 spiro atoms. The number of hydrogen-bond donors (Lipinski definition) is 1. The molecule has 0 unspecified atom stereocenters. The maximum absolute atomic E-state index is 12.9. The van der Waals surface area contributed by atoms with Gasteiger partial charge in [0.1, 0.15) is 5.69 Å². The van der Waals surface area contributed by atoms with E-state index < -0.39 is 5.97 Å². The molecule has 5 nitrogen and oxygen atoms in total. The molecule has 1 fully saturated rings. The van der Waals surface area contributed by atoms with E-state index in [9.17, 15) is 9.90 Å². The average Bonchev–Trinajstić information content (AvgIpc) is 3.20. The molecule has 5 heteroatoms. The molecular formula is C30H32N2O3. The highest BCUT2D eigenvalue weighted by Gasteiger charge is 2.30. The Bertz CT molecular complexity index is 1270. The second-order valence-electron chi connectivity index (χ2n) is 9.44. The van der Waals surface area contributed by atoms with E-state index in [1.54, 1.807) is 0 Å². The van der Waals surface area contributed by atoms with E-state index in [4.69, 9.17) is 4.74 Å². The fourth-order valence-corrected chi connectivity index (χ4v) is 5.20. The summed E-state index contributed by atoms with van der Waals surface area (Å²) >= 11 is 0. The molecule has 1 saturated heterocycles. The highest BCUT2D eigenvalue weighted by Crippen LogP contribution is 2.40. The number of aryl methyl sites for hydroxylation is 2. The Morgan fingerprint density at radius 2 is 1.43 bits per heavy atom. The molecule has 0 amide bonds. The lowest BCUT2D eigenvalue weighted by atomic mass is 9.83. The number of nitrogens with zero attached hydrogens (tertiary/aromatic N) is 2. The molecule has 0 bridgehead atoms. The third kappa shape index (κ3) is 4.75. The lowest BCUT2D eigenvalue weighted by molar-refractivity contribution is 0.0362. The molecule has 2 heterocycles. The molecule has 1 N–H and O–H groups in total. The van der Waals surface area contributed by atoms with Gasteiger partial charge in [-0.1, -0.05) is 77.9 Å². The molecule has 1 aliphatic rings.